The van der Waals surface area contributed by atoms with Crippen molar-refractivity contribution in [3.8, 4) is 0 Å². The van der Waals surface area contributed by atoms with E-state index in [-0.39, 0.29) is 11.9 Å². The Morgan fingerprint density at radius 3 is 2.78 bits per heavy atom. The molecule has 2 unspecified atom stereocenters. The summed E-state index contributed by atoms with van der Waals surface area (Å²) in [7, 11) is 0. The van der Waals surface area contributed by atoms with Crippen LogP contribution in [0.4, 0.5) is 4.39 Å². The van der Waals surface area contributed by atoms with Gasteiger partial charge >= 0.3 is 0 Å². The highest BCUT2D eigenvalue weighted by atomic mass is 19.1. The van der Waals surface area contributed by atoms with Crippen molar-refractivity contribution in [1.29, 1.82) is 0 Å². The summed E-state index contributed by atoms with van der Waals surface area (Å²) in [5.74, 6) is -0.739. The lowest BCUT2D eigenvalue weighted by molar-refractivity contribution is -0.125. The molecule has 6 nitrogen and oxygen atoms in total. The Morgan fingerprint density at radius 2 is 2.13 bits per heavy atom. The summed E-state index contributed by atoms with van der Waals surface area (Å²) >= 11 is 0. The van der Waals surface area contributed by atoms with Crippen molar-refractivity contribution in [2.75, 3.05) is 6.54 Å². The minimum absolute atomic E-state index is 0.146. The minimum Gasteiger partial charge on any atom is -0.368 e. The highest BCUT2D eigenvalue weighted by molar-refractivity contribution is 5.81. The topological polar surface area (TPSA) is 77.0 Å². The van der Waals surface area contributed by atoms with Gasteiger partial charge in [-0.1, -0.05) is 18.6 Å². The van der Waals surface area contributed by atoms with E-state index in [9.17, 15) is 9.18 Å². The zero-order chi connectivity index (χ0) is 16.2. The van der Waals surface area contributed by atoms with Gasteiger partial charge in [0.1, 0.15) is 24.5 Å². The van der Waals surface area contributed by atoms with Crippen LogP contribution in [0.5, 0.6) is 0 Å². The third-order valence-corrected chi connectivity index (χ3v) is 4.32. The van der Waals surface area contributed by atoms with Gasteiger partial charge in [0.15, 0.2) is 0 Å². The standard InChI is InChI=1S/C16H20FN5O/c17-13-6-4-12(5-7-13)15(16(18)23)22-8-2-1-3-14(22)9-21-11-19-10-20-21/h4-7,10-11,14-15H,1-3,8-9H2,(H2,18,23). The van der Waals surface area contributed by atoms with Crippen LogP contribution in [0.25, 0.3) is 0 Å². The molecule has 1 aliphatic rings. The molecule has 2 heterocycles. The van der Waals surface area contributed by atoms with Gasteiger partial charge in [0.05, 0.1) is 6.54 Å². The van der Waals surface area contributed by atoms with Crippen LogP contribution in [0.3, 0.4) is 0 Å². The van der Waals surface area contributed by atoms with Gasteiger partial charge in [-0.15, -0.1) is 0 Å². The van der Waals surface area contributed by atoms with Crippen LogP contribution in [0.2, 0.25) is 0 Å². The van der Waals surface area contributed by atoms with E-state index in [1.165, 1.54) is 18.5 Å². The van der Waals surface area contributed by atoms with Gasteiger partial charge in [-0.3, -0.25) is 14.4 Å². The smallest absolute Gasteiger partial charge is 0.239 e. The highest BCUT2D eigenvalue weighted by Gasteiger charge is 2.33. The fourth-order valence-corrected chi connectivity index (χ4v) is 3.27. The summed E-state index contributed by atoms with van der Waals surface area (Å²) in [4.78, 5) is 18.2. The number of carbonyl (C=O) groups excluding carboxylic acids is 1. The van der Waals surface area contributed by atoms with Crippen LogP contribution in [0.15, 0.2) is 36.9 Å². The number of benzene rings is 1. The maximum atomic E-state index is 13.2. The van der Waals surface area contributed by atoms with Crippen LogP contribution in [-0.4, -0.2) is 38.2 Å². The molecule has 1 aromatic carbocycles. The number of hydrogen-bond acceptors (Lipinski definition) is 4. The van der Waals surface area contributed by atoms with E-state index in [1.807, 2.05) is 0 Å². The highest BCUT2D eigenvalue weighted by Crippen LogP contribution is 2.29. The average Bonchev–Trinajstić information content (AvgIpc) is 3.04. The second-order valence-corrected chi connectivity index (χ2v) is 5.86. The van der Waals surface area contributed by atoms with Gasteiger partial charge in [0.2, 0.25) is 5.91 Å². The normalized spacial score (nSPS) is 20.3. The molecule has 2 N–H and O–H groups in total. The molecule has 0 aliphatic carbocycles. The quantitative estimate of drug-likeness (QED) is 0.906. The molecule has 122 valence electrons. The SMILES string of the molecule is NC(=O)C(c1ccc(F)cc1)N1CCCCC1Cn1cncn1. The number of piperidine rings is 1. The van der Waals surface area contributed by atoms with Gasteiger partial charge in [-0.05, 0) is 37.1 Å². The maximum Gasteiger partial charge on any atom is 0.239 e. The summed E-state index contributed by atoms with van der Waals surface area (Å²) in [6.07, 6.45) is 6.25. The third-order valence-electron chi connectivity index (χ3n) is 4.32. The third kappa shape index (κ3) is 3.56. The predicted octanol–water partition coefficient (Wildman–Crippen LogP) is 1.50. The molecule has 1 fully saturated rings. The minimum atomic E-state index is -0.551. The molecule has 0 radical (unpaired) electrons. The second-order valence-electron chi connectivity index (χ2n) is 5.86. The molecule has 3 rings (SSSR count). The Labute approximate surface area is 134 Å². The number of likely N-dealkylation sites (tertiary alicyclic amines) is 1. The Hall–Kier alpha value is -2.28. The van der Waals surface area contributed by atoms with E-state index in [0.717, 1.165) is 31.4 Å². The molecule has 23 heavy (non-hydrogen) atoms. The van der Waals surface area contributed by atoms with Crippen LogP contribution in [0.1, 0.15) is 30.9 Å². The number of primary amides is 1. The predicted molar refractivity (Wildman–Crippen MR) is 82.7 cm³/mol. The van der Waals surface area contributed by atoms with Crippen LogP contribution in [-0.2, 0) is 11.3 Å². The van der Waals surface area contributed by atoms with Crippen LogP contribution >= 0.6 is 0 Å². The number of halogens is 1. The molecular formula is C16H20FN5O. The number of amides is 1. The number of rotatable bonds is 5. The summed E-state index contributed by atoms with van der Waals surface area (Å²) < 4.78 is 14.9. The van der Waals surface area contributed by atoms with E-state index in [2.05, 4.69) is 15.0 Å². The van der Waals surface area contributed by atoms with Crippen molar-refractivity contribution in [3.05, 3.63) is 48.3 Å². The second kappa shape index (κ2) is 6.87. The number of nitrogens with two attached hydrogens (primary N) is 1. The maximum absolute atomic E-state index is 13.2. The molecule has 2 aromatic rings. The number of hydrogen-bond donors (Lipinski definition) is 1. The van der Waals surface area contributed by atoms with Crippen LogP contribution < -0.4 is 5.73 Å². The molecule has 1 amide bonds. The summed E-state index contributed by atoms with van der Waals surface area (Å²) in [6.45, 7) is 1.44. The van der Waals surface area contributed by atoms with Crippen LogP contribution in [0, 0.1) is 5.82 Å². The Morgan fingerprint density at radius 1 is 1.35 bits per heavy atom. The van der Waals surface area contributed by atoms with Crippen molar-refractivity contribution in [2.24, 2.45) is 5.73 Å². The summed E-state index contributed by atoms with van der Waals surface area (Å²) in [5, 5.41) is 4.15. The van der Waals surface area contributed by atoms with E-state index in [1.54, 1.807) is 23.1 Å². The molecule has 7 heteroatoms. The molecule has 0 saturated carbocycles. The molecule has 1 aliphatic heterocycles. The lowest BCUT2D eigenvalue weighted by Crippen LogP contribution is -2.48. The lowest BCUT2D eigenvalue weighted by atomic mass is 9.95. The van der Waals surface area contributed by atoms with E-state index >= 15 is 0 Å². The largest absolute Gasteiger partial charge is 0.368 e. The number of carbonyl (C=O) groups is 1. The van der Waals surface area contributed by atoms with Crippen molar-refractivity contribution in [2.45, 2.75) is 37.9 Å². The van der Waals surface area contributed by atoms with Gasteiger partial charge in [-0.25, -0.2) is 9.37 Å². The molecule has 1 saturated heterocycles. The van der Waals surface area contributed by atoms with Gasteiger partial charge in [0, 0.05) is 6.04 Å². The Balaban J connectivity index is 1.86. The fourth-order valence-electron chi connectivity index (χ4n) is 3.27. The monoisotopic (exact) mass is 317 g/mol. The summed E-state index contributed by atoms with van der Waals surface area (Å²) in [6, 6.07) is 5.58. The Kier molecular flexibility index (Phi) is 4.66. The fraction of sp³-hybridized carbons (Fsp3) is 0.438. The Bertz CT molecular complexity index is 643. The first kappa shape index (κ1) is 15.6. The molecule has 0 bridgehead atoms. The van der Waals surface area contributed by atoms with E-state index in [4.69, 9.17) is 5.73 Å². The first-order valence-corrected chi connectivity index (χ1v) is 7.78. The number of nitrogens with zero attached hydrogens (tertiary/aromatic N) is 4. The van der Waals surface area contributed by atoms with Crippen molar-refractivity contribution in [1.82, 2.24) is 19.7 Å². The van der Waals surface area contributed by atoms with E-state index < -0.39 is 11.9 Å². The van der Waals surface area contributed by atoms with E-state index in [0.29, 0.717) is 6.54 Å². The van der Waals surface area contributed by atoms with Gasteiger partial charge < -0.3 is 5.73 Å². The van der Waals surface area contributed by atoms with Crippen molar-refractivity contribution < 1.29 is 9.18 Å². The zero-order valence-electron chi connectivity index (χ0n) is 12.8. The molecule has 0 spiro atoms. The van der Waals surface area contributed by atoms with Crippen molar-refractivity contribution >= 4 is 5.91 Å². The first-order chi connectivity index (χ1) is 11.1. The zero-order valence-corrected chi connectivity index (χ0v) is 12.8. The van der Waals surface area contributed by atoms with Gasteiger partial charge in [0.25, 0.3) is 0 Å². The average molecular weight is 317 g/mol. The first-order valence-electron chi connectivity index (χ1n) is 7.78. The molecule has 2 atom stereocenters. The summed E-state index contributed by atoms with van der Waals surface area (Å²) in [5.41, 5.74) is 6.39. The van der Waals surface area contributed by atoms with Crippen molar-refractivity contribution in [3.63, 3.8) is 0 Å². The molecular weight excluding hydrogens is 297 g/mol. The molecule has 1 aromatic heterocycles. The van der Waals surface area contributed by atoms with Gasteiger partial charge in [-0.2, -0.15) is 5.10 Å². The lowest BCUT2D eigenvalue weighted by Gasteiger charge is -2.40. The number of aromatic nitrogens is 3.